The van der Waals surface area contributed by atoms with Crippen LogP contribution in [-0.4, -0.2) is 29.2 Å². The maximum Gasteiger partial charge on any atom is 0.410 e. The van der Waals surface area contributed by atoms with Crippen LogP contribution in [0.4, 0.5) is 4.79 Å². The maximum atomic E-state index is 12.3. The fourth-order valence-electron chi connectivity index (χ4n) is 2.03. The standard InChI is InChI=1S/C15H20Cl2NO2/c1-15(2,3)20-14(19)18(11-7-8-11)9-10-5-4-6-12(16)13(10)17/h4,6,11H,5,7-9H2,1-3H3. The van der Waals surface area contributed by atoms with E-state index in [1.807, 2.05) is 27.2 Å². The van der Waals surface area contributed by atoms with E-state index < -0.39 is 5.60 Å². The summed E-state index contributed by atoms with van der Waals surface area (Å²) in [4.78, 5) is 14.1. The number of allylic oxidation sites excluding steroid dienone is 3. The Bertz CT molecular complexity index is 459. The molecule has 0 bridgehead atoms. The Balaban J connectivity index is 2.09. The van der Waals surface area contributed by atoms with Gasteiger partial charge in [0.2, 0.25) is 0 Å². The molecule has 111 valence electrons. The van der Waals surface area contributed by atoms with Gasteiger partial charge in [-0.3, -0.25) is 0 Å². The normalized spacial score (nSPS) is 19.8. The van der Waals surface area contributed by atoms with Gasteiger partial charge in [0.05, 0.1) is 10.1 Å². The minimum atomic E-state index is -0.487. The van der Waals surface area contributed by atoms with Gasteiger partial charge in [0, 0.05) is 12.6 Å². The molecule has 0 heterocycles. The summed E-state index contributed by atoms with van der Waals surface area (Å²) >= 11 is 12.3. The quantitative estimate of drug-likeness (QED) is 0.761. The lowest BCUT2D eigenvalue weighted by atomic mass is 10.0. The van der Waals surface area contributed by atoms with Crippen molar-refractivity contribution in [1.29, 1.82) is 0 Å². The second-order valence-electron chi connectivity index (χ2n) is 6.21. The van der Waals surface area contributed by atoms with Gasteiger partial charge in [-0.1, -0.05) is 29.3 Å². The molecule has 1 saturated carbocycles. The Morgan fingerprint density at radius 3 is 2.60 bits per heavy atom. The van der Waals surface area contributed by atoms with Crippen molar-refractivity contribution in [1.82, 2.24) is 4.90 Å². The Morgan fingerprint density at radius 1 is 1.40 bits per heavy atom. The molecule has 3 nitrogen and oxygen atoms in total. The molecule has 0 atom stereocenters. The number of hydrogen-bond donors (Lipinski definition) is 0. The molecule has 1 radical (unpaired) electrons. The highest BCUT2D eigenvalue weighted by molar-refractivity contribution is 6.44. The van der Waals surface area contributed by atoms with Crippen LogP contribution in [0.15, 0.2) is 21.7 Å². The Labute approximate surface area is 130 Å². The highest BCUT2D eigenvalue weighted by Crippen LogP contribution is 2.34. The molecular formula is C15H20Cl2NO2. The van der Waals surface area contributed by atoms with Gasteiger partial charge in [-0.15, -0.1) is 0 Å². The van der Waals surface area contributed by atoms with E-state index in [1.165, 1.54) is 0 Å². The molecule has 0 aromatic heterocycles. The third-order valence-corrected chi connectivity index (χ3v) is 4.01. The van der Waals surface area contributed by atoms with Gasteiger partial charge in [-0.25, -0.2) is 4.79 Å². The number of nitrogens with zero attached hydrogens (tertiary/aromatic N) is 1. The number of amides is 1. The zero-order chi connectivity index (χ0) is 14.9. The smallest absolute Gasteiger partial charge is 0.410 e. The third-order valence-electron chi connectivity index (χ3n) is 3.13. The molecule has 1 fully saturated rings. The van der Waals surface area contributed by atoms with Crippen LogP contribution in [0.3, 0.4) is 0 Å². The fraction of sp³-hybridized carbons (Fsp3) is 0.600. The Morgan fingerprint density at radius 2 is 2.05 bits per heavy atom. The first-order chi connectivity index (χ1) is 9.28. The molecule has 2 aliphatic rings. The molecule has 0 N–H and O–H groups in total. The number of carbonyl (C=O) groups excluding carboxylic acids is 1. The van der Waals surface area contributed by atoms with Crippen molar-refractivity contribution in [2.75, 3.05) is 6.54 Å². The minimum absolute atomic E-state index is 0.270. The van der Waals surface area contributed by atoms with Crippen molar-refractivity contribution in [3.63, 3.8) is 0 Å². The molecule has 0 saturated heterocycles. The first kappa shape index (κ1) is 15.7. The largest absolute Gasteiger partial charge is 0.444 e. The van der Waals surface area contributed by atoms with Gasteiger partial charge >= 0.3 is 6.09 Å². The topological polar surface area (TPSA) is 29.5 Å². The average molecular weight is 317 g/mol. The molecule has 0 aromatic rings. The predicted molar refractivity (Wildman–Crippen MR) is 81.7 cm³/mol. The number of halogens is 2. The molecule has 0 aliphatic heterocycles. The van der Waals surface area contributed by atoms with Crippen LogP contribution in [0.25, 0.3) is 0 Å². The summed E-state index contributed by atoms with van der Waals surface area (Å²) in [6.07, 6.45) is 6.25. The van der Waals surface area contributed by atoms with Gasteiger partial charge in [0.1, 0.15) is 5.60 Å². The summed E-state index contributed by atoms with van der Waals surface area (Å²) in [5.41, 5.74) is 0.482. The summed E-state index contributed by atoms with van der Waals surface area (Å²) in [6.45, 7) is 6.10. The zero-order valence-electron chi connectivity index (χ0n) is 12.1. The lowest BCUT2D eigenvalue weighted by Crippen LogP contribution is -2.39. The van der Waals surface area contributed by atoms with Crippen LogP contribution in [0.2, 0.25) is 0 Å². The number of ether oxygens (including phenoxy) is 1. The summed E-state index contributed by atoms with van der Waals surface area (Å²) in [6, 6.07) is 0.270. The SMILES string of the molecule is CC(C)(C)OC(=O)N(CC1=C(Cl)C(Cl)=C[CH]C1)C1CC1. The van der Waals surface area contributed by atoms with E-state index >= 15 is 0 Å². The van der Waals surface area contributed by atoms with Crippen LogP contribution in [0.1, 0.15) is 40.0 Å². The second-order valence-corrected chi connectivity index (χ2v) is 7.00. The molecule has 2 aliphatic carbocycles. The third kappa shape index (κ3) is 4.16. The second kappa shape index (κ2) is 5.98. The number of rotatable bonds is 3. The van der Waals surface area contributed by atoms with Crippen molar-refractivity contribution < 1.29 is 9.53 Å². The van der Waals surface area contributed by atoms with Crippen LogP contribution in [0.5, 0.6) is 0 Å². The van der Waals surface area contributed by atoms with Crippen LogP contribution in [-0.2, 0) is 4.74 Å². The van der Waals surface area contributed by atoms with E-state index in [1.54, 1.807) is 11.0 Å². The molecule has 0 spiro atoms. The molecule has 0 aromatic carbocycles. The maximum absolute atomic E-state index is 12.3. The highest BCUT2D eigenvalue weighted by Gasteiger charge is 2.36. The predicted octanol–water partition coefficient (Wildman–Crippen LogP) is 4.61. The number of carbonyl (C=O) groups is 1. The molecule has 2 rings (SSSR count). The van der Waals surface area contributed by atoms with E-state index in [0.29, 0.717) is 16.6 Å². The lowest BCUT2D eigenvalue weighted by Gasteiger charge is -2.29. The van der Waals surface area contributed by atoms with Crippen molar-refractivity contribution in [2.45, 2.75) is 51.7 Å². The Kier molecular flexibility index (Phi) is 4.70. The van der Waals surface area contributed by atoms with Crippen LogP contribution >= 0.6 is 23.2 Å². The summed E-state index contributed by atoms with van der Waals surface area (Å²) in [7, 11) is 0. The highest BCUT2D eigenvalue weighted by atomic mass is 35.5. The van der Waals surface area contributed by atoms with Crippen molar-refractivity contribution in [2.24, 2.45) is 0 Å². The average Bonchev–Trinajstić information content (AvgIpc) is 3.12. The monoisotopic (exact) mass is 316 g/mol. The van der Waals surface area contributed by atoms with Gasteiger partial charge < -0.3 is 9.64 Å². The molecule has 0 unspecified atom stereocenters. The van der Waals surface area contributed by atoms with E-state index in [9.17, 15) is 4.79 Å². The van der Waals surface area contributed by atoms with Gasteiger partial charge in [0.15, 0.2) is 0 Å². The molecule has 1 amide bonds. The van der Waals surface area contributed by atoms with Crippen molar-refractivity contribution in [3.05, 3.63) is 28.1 Å². The van der Waals surface area contributed by atoms with Gasteiger partial charge in [-0.2, -0.15) is 0 Å². The van der Waals surface area contributed by atoms with Crippen molar-refractivity contribution >= 4 is 29.3 Å². The molecule has 20 heavy (non-hydrogen) atoms. The first-order valence-corrected chi connectivity index (χ1v) is 7.60. The van der Waals surface area contributed by atoms with Crippen molar-refractivity contribution in [3.8, 4) is 0 Å². The fourth-order valence-corrected chi connectivity index (χ4v) is 2.45. The Hall–Kier alpha value is -0.670. The number of hydrogen-bond acceptors (Lipinski definition) is 2. The van der Waals surface area contributed by atoms with Crippen LogP contribution < -0.4 is 0 Å². The van der Waals surface area contributed by atoms with E-state index in [-0.39, 0.29) is 12.1 Å². The van der Waals surface area contributed by atoms with E-state index in [4.69, 9.17) is 27.9 Å². The van der Waals surface area contributed by atoms with E-state index in [2.05, 4.69) is 0 Å². The van der Waals surface area contributed by atoms with E-state index in [0.717, 1.165) is 24.8 Å². The van der Waals surface area contributed by atoms with Gasteiger partial charge in [-0.05, 0) is 52.0 Å². The van der Waals surface area contributed by atoms with Crippen LogP contribution in [0, 0.1) is 6.42 Å². The summed E-state index contributed by atoms with van der Waals surface area (Å²) in [5, 5.41) is 1.09. The summed E-state index contributed by atoms with van der Waals surface area (Å²) in [5.74, 6) is 0. The molecular weight excluding hydrogens is 297 g/mol. The van der Waals surface area contributed by atoms with Gasteiger partial charge in [0.25, 0.3) is 0 Å². The summed E-state index contributed by atoms with van der Waals surface area (Å²) < 4.78 is 5.47. The zero-order valence-corrected chi connectivity index (χ0v) is 13.6. The first-order valence-electron chi connectivity index (χ1n) is 6.84. The molecule has 5 heteroatoms. The lowest BCUT2D eigenvalue weighted by molar-refractivity contribution is 0.0251. The minimum Gasteiger partial charge on any atom is -0.444 e.